The first-order valence-corrected chi connectivity index (χ1v) is 12.9. The van der Waals surface area contributed by atoms with Crippen molar-refractivity contribution < 1.29 is 41.8 Å². The summed E-state index contributed by atoms with van der Waals surface area (Å²) >= 11 is 0. The van der Waals surface area contributed by atoms with E-state index in [2.05, 4.69) is 15.0 Å². The number of esters is 1. The van der Waals surface area contributed by atoms with E-state index in [4.69, 9.17) is 4.74 Å². The number of ether oxygens (including phenoxy) is 2. The van der Waals surface area contributed by atoms with E-state index in [0.29, 0.717) is 24.6 Å². The van der Waals surface area contributed by atoms with E-state index in [1.54, 1.807) is 11.1 Å². The Morgan fingerprint density at radius 2 is 1.78 bits per heavy atom. The molecule has 12 heteroatoms. The summed E-state index contributed by atoms with van der Waals surface area (Å²) in [5.74, 6) is -7.78. The predicted octanol–water partition coefficient (Wildman–Crippen LogP) is 3.51. The number of halogens is 3. The standard InChI is InChI=1S/C29H28F3N3O6/c1-16-20(30)13-21(31)25(32)27(16)41-15-23(36)22(14-24(37)40-2)34-28(38)18-8-11-35(12-9-18)29(39)26-19-6-4-3-5-17(19)7-10-33-26/h3-7,10,13,18,22H,8-9,11-12,14-15H2,1-2H3,(H,34,38)/t22-/m0/s1. The van der Waals surface area contributed by atoms with Gasteiger partial charge in [-0.3, -0.25) is 24.2 Å². The number of fused-ring (bicyclic) bond motifs is 1. The maximum atomic E-state index is 14.1. The van der Waals surface area contributed by atoms with E-state index >= 15 is 0 Å². The first-order chi connectivity index (χ1) is 19.6. The summed E-state index contributed by atoms with van der Waals surface area (Å²) in [6, 6.07) is 8.17. The highest BCUT2D eigenvalue weighted by Crippen LogP contribution is 2.27. The number of carbonyl (C=O) groups is 4. The molecule has 1 fully saturated rings. The van der Waals surface area contributed by atoms with Gasteiger partial charge in [-0.2, -0.15) is 4.39 Å². The van der Waals surface area contributed by atoms with Crippen LogP contribution in [-0.2, 0) is 19.1 Å². The van der Waals surface area contributed by atoms with E-state index in [1.165, 1.54) is 0 Å². The molecule has 2 heterocycles. The lowest BCUT2D eigenvalue weighted by Crippen LogP contribution is -2.49. The summed E-state index contributed by atoms with van der Waals surface area (Å²) in [4.78, 5) is 56.9. The molecule has 1 atom stereocenters. The number of piperidine rings is 1. The van der Waals surface area contributed by atoms with Gasteiger partial charge in [0.2, 0.25) is 11.7 Å². The molecular weight excluding hydrogens is 543 g/mol. The molecule has 3 aromatic rings. The van der Waals surface area contributed by atoms with Crippen LogP contribution in [-0.4, -0.2) is 66.3 Å². The molecule has 0 radical (unpaired) electrons. The Balaban J connectivity index is 1.39. The van der Waals surface area contributed by atoms with E-state index in [1.807, 2.05) is 30.3 Å². The summed E-state index contributed by atoms with van der Waals surface area (Å²) in [6.45, 7) is 0.820. The maximum absolute atomic E-state index is 14.1. The average Bonchev–Trinajstić information content (AvgIpc) is 2.98. The van der Waals surface area contributed by atoms with Crippen LogP contribution in [0.4, 0.5) is 13.2 Å². The van der Waals surface area contributed by atoms with Crippen LogP contribution in [0.3, 0.4) is 0 Å². The van der Waals surface area contributed by atoms with Crippen LogP contribution in [0.15, 0.2) is 42.6 Å². The quantitative estimate of drug-likeness (QED) is 0.309. The van der Waals surface area contributed by atoms with Gasteiger partial charge >= 0.3 is 5.97 Å². The first-order valence-electron chi connectivity index (χ1n) is 12.9. The smallest absolute Gasteiger partial charge is 0.308 e. The lowest BCUT2D eigenvalue weighted by molar-refractivity contribution is -0.143. The van der Waals surface area contributed by atoms with Gasteiger partial charge in [-0.05, 0) is 31.2 Å². The third-order valence-electron chi connectivity index (χ3n) is 7.05. The number of nitrogens with one attached hydrogen (secondary N) is 1. The molecule has 4 rings (SSSR count). The lowest BCUT2D eigenvalue weighted by Gasteiger charge is -2.32. The monoisotopic (exact) mass is 571 g/mol. The zero-order valence-corrected chi connectivity index (χ0v) is 22.4. The molecule has 1 aliphatic heterocycles. The number of Topliss-reactive ketones (excluding diaryl/α,β-unsaturated/α-hetero) is 1. The predicted molar refractivity (Wildman–Crippen MR) is 140 cm³/mol. The van der Waals surface area contributed by atoms with Crippen molar-refractivity contribution in [1.82, 2.24) is 15.2 Å². The summed E-state index contributed by atoms with van der Waals surface area (Å²) in [5.41, 5.74) is -0.0233. The summed E-state index contributed by atoms with van der Waals surface area (Å²) in [6.07, 6.45) is 1.63. The van der Waals surface area contributed by atoms with Gasteiger partial charge in [0.25, 0.3) is 5.91 Å². The van der Waals surface area contributed by atoms with Crippen LogP contribution in [0.1, 0.15) is 35.3 Å². The first kappa shape index (κ1) is 29.5. The second-order valence-corrected chi connectivity index (χ2v) is 9.65. The van der Waals surface area contributed by atoms with Gasteiger partial charge in [0.1, 0.15) is 24.2 Å². The fraction of sp³-hybridized carbons (Fsp3) is 0.345. The number of aromatic nitrogens is 1. The minimum absolute atomic E-state index is 0.257. The Kier molecular flexibility index (Phi) is 9.21. The van der Waals surface area contributed by atoms with Crippen molar-refractivity contribution in [2.45, 2.75) is 32.2 Å². The van der Waals surface area contributed by atoms with Gasteiger partial charge in [0.05, 0.1) is 13.5 Å². The van der Waals surface area contributed by atoms with Crippen molar-refractivity contribution >= 4 is 34.3 Å². The molecule has 0 spiro atoms. The number of amides is 2. The minimum Gasteiger partial charge on any atom is -0.482 e. The maximum Gasteiger partial charge on any atom is 0.308 e. The fourth-order valence-corrected chi connectivity index (χ4v) is 4.65. The Hall–Kier alpha value is -4.48. The van der Waals surface area contributed by atoms with E-state index in [0.717, 1.165) is 24.8 Å². The number of benzene rings is 2. The van der Waals surface area contributed by atoms with Gasteiger partial charge < -0.3 is 19.7 Å². The third-order valence-corrected chi connectivity index (χ3v) is 7.05. The number of methoxy groups -OCH3 is 1. The van der Waals surface area contributed by atoms with Gasteiger partial charge in [0, 0.05) is 42.2 Å². The number of ketones is 1. The van der Waals surface area contributed by atoms with Crippen molar-refractivity contribution in [3.8, 4) is 5.75 Å². The largest absolute Gasteiger partial charge is 0.482 e. The van der Waals surface area contributed by atoms with E-state index < -0.39 is 65.8 Å². The van der Waals surface area contributed by atoms with Crippen LogP contribution in [0, 0.1) is 30.3 Å². The number of hydrogen-bond donors (Lipinski definition) is 1. The molecule has 0 bridgehead atoms. The molecule has 9 nitrogen and oxygen atoms in total. The Labute approximate surface area is 233 Å². The van der Waals surface area contributed by atoms with Gasteiger partial charge in [-0.1, -0.05) is 24.3 Å². The normalized spacial score (nSPS) is 14.4. The second-order valence-electron chi connectivity index (χ2n) is 9.65. The molecule has 1 saturated heterocycles. The Bertz CT molecular complexity index is 1460. The molecule has 41 heavy (non-hydrogen) atoms. The third kappa shape index (κ3) is 6.64. The zero-order valence-electron chi connectivity index (χ0n) is 22.4. The van der Waals surface area contributed by atoms with Gasteiger partial charge in [-0.15, -0.1) is 0 Å². The Morgan fingerprint density at radius 3 is 2.49 bits per heavy atom. The molecule has 2 amide bonds. The molecule has 1 aliphatic rings. The van der Waals surface area contributed by atoms with E-state index in [-0.39, 0.29) is 24.6 Å². The van der Waals surface area contributed by atoms with E-state index in [9.17, 15) is 32.3 Å². The van der Waals surface area contributed by atoms with Crippen molar-refractivity contribution in [1.29, 1.82) is 0 Å². The molecule has 1 aromatic heterocycles. The number of carbonyl (C=O) groups excluding carboxylic acids is 4. The summed E-state index contributed by atoms with van der Waals surface area (Å²) < 4.78 is 51.3. The second kappa shape index (κ2) is 12.8. The van der Waals surface area contributed by atoms with Gasteiger partial charge in [0.15, 0.2) is 17.3 Å². The topological polar surface area (TPSA) is 115 Å². The van der Waals surface area contributed by atoms with Crippen LogP contribution < -0.4 is 10.1 Å². The number of likely N-dealkylation sites (tertiary alicyclic amines) is 1. The molecule has 0 saturated carbocycles. The highest BCUT2D eigenvalue weighted by atomic mass is 19.2. The number of hydrogen-bond acceptors (Lipinski definition) is 7. The molecule has 2 aromatic carbocycles. The van der Waals surface area contributed by atoms with Crippen LogP contribution in [0.25, 0.3) is 10.8 Å². The van der Waals surface area contributed by atoms with Crippen LogP contribution in [0.5, 0.6) is 5.75 Å². The van der Waals surface area contributed by atoms with Crippen LogP contribution in [0.2, 0.25) is 0 Å². The number of pyridine rings is 1. The molecule has 0 aliphatic carbocycles. The summed E-state index contributed by atoms with van der Waals surface area (Å²) in [5, 5.41) is 4.12. The van der Waals surface area contributed by atoms with Gasteiger partial charge in [-0.25, -0.2) is 8.78 Å². The van der Waals surface area contributed by atoms with Crippen molar-refractivity contribution in [2.75, 3.05) is 26.8 Å². The molecule has 216 valence electrons. The fourth-order valence-electron chi connectivity index (χ4n) is 4.65. The average molecular weight is 572 g/mol. The minimum atomic E-state index is -1.49. The van der Waals surface area contributed by atoms with Crippen molar-refractivity contribution in [3.05, 3.63) is 71.3 Å². The highest BCUT2D eigenvalue weighted by Gasteiger charge is 2.32. The summed E-state index contributed by atoms with van der Waals surface area (Å²) in [7, 11) is 1.11. The highest BCUT2D eigenvalue weighted by molar-refractivity contribution is 6.05. The Morgan fingerprint density at radius 1 is 1.07 bits per heavy atom. The zero-order chi connectivity index (χ0) is 29.7. The SMILES string of the molecule is COC(=O)C[C@H](NC(=O)C1CCN(C(=O)c2nccc3ccccc23)CC1)C(=O)COc1c(C)c(F)cc(F)c1F. The molecular formula is C29H28F3N3O6. The lowest BCUT2D eigenvalue weighted by atomic mass is 9.94. The number of rotatable bonds is 9. The van der Waals surface area contributed by atoms with Crippen LogP contribution >= 0.6 is 0 Å². The van der Waals surface area contributed by atoms with Crippen molar-refractivity contribution in [3.63, 3.8) is 0 Å². The molecule has 1 N–H and O–H groups in total. The van der Waals surface area contributed by atoms with Crippen molar-refractivity contribution in [2.24, 2.45) is 5.92 Å². The number of nitrogens with zero attached hydrogens (tertiary/aromatic N) is 2. The molecule has 0 unspecified atom stereocenters.